The van der Waals surface area contributed by atoms with Gasteiger partial charge in [0.15, 0.2) is 5.82 Å². The van der Waals surface area contributed by atoms with Crippen molar-refractivity contribution < 1.29 is 4.52 Å². The highest BCUT2D eigenvalue weighted by molar-refractivity contribution is 5.28. The van der Waals surface area contributed by atoms with Crippen molar-refractivity contribution >= 4 is 0 Å². The molecule has 0 unspecified atom stereocenters. The molecular formula is C17H23N3O. The summed E-state index contributed by atoms with van der Waals surface area (Å²) >= 11 is 0. The van der Waals surface area contributed by atoms with Crippen LogP contribution in [0.15, 0.2) is 28.8 Å². The first-order valence-electron chi connectivity index (χ1n) is 7.81. The molecule has 0 aliphatic carbocycles. The zero-order valence-corrected chi connectivity index (χ0v) is 12.9. The molecule has 2 aromatic rings. The molecule has 0 atom stereocenters. The third kappa shape index (κ3) is 3.70. The van der Waals surface area contributed by atoms with Crippen LogP contribution in [0.25, 0.3) is 0 Å². The Balaban J connectivity index is 1.60. The maximum Gasteiger partial charge on any atom is 0.226 e. The van der Waals surface area contributed by atoms with Gasteiger partial charge in [0.05, 0.1) is 6.54 Å². The average molecular weight is 285 g/mol. The van der Waals surface area contributed by atoms with Gasteiger partial charge in [-0.1, -0.05) is 43.3 Å². The molecule has 4 heteroatoms. The molecule has 0 saturated carbocycles. The van der Waals surface area contributed by atoms with Crippen LogP contribution < -0.4 is 0 Å². The molecule has 0 spiro atoms. The van der Waals surface area contributed by atoms with Crippen molar-refractivity contribution in [2.45, 2.75) is 39.7 Å². The van der Waals surface area contributed by atoms with Crippen LogP contribution in [0.3, 0.4) is 0 Å². The van der Waals surface area contributed by atoms with Crippen LogP contribution >= 0.6 is 0 Å². The fraction of sp³-hybridized carbons (Fsp3) is 0.529. The Kier molecular flexibility index (Phi) is 4.34. The predicted octanol–water partition coefficient (Wildman–Crippen LogP) is 2.87. The summed E-state index contributed by atoms with van der Waals surface area (Å²) in [4.78, 5) is 6.93. The van der Waals surface area contributed by atoms with E-state index in [1.165, 1.54) is 11.1 Å². The average Bonchev–Trinajstić information content (AvgIpc) is 2.78. The molecule has 1 aromatic heterocycles. The molecule has 0 saturated heterocycles. The smallest absolute Gasteiger partial charge is 0.226 e. The first-order valence-corrected chi connectivity index (χ1v) is 7.81. The summed E-state index contributed by atoms with van der Waals surface area (Å²) < 4.78 is 5.32. The molecule has 0 fully saturated rings. The Morgan fingerprint density at radius 1 is 1.14 bits per heavy atom. The topological polar surface area (TPSA) is 42.2 Å². The number of fused-ring (bicyclic) bond motifs is 1. The van der Waals surface area contributed by atoms with Gasteiger partial charge in [-0.05, 0) is 29.9 Å². The third-order valence-corrected chi connectivity index (χ3v) is 3.97. The minimum Gasteiger partial charge on any atom is -0.339 e. The van der Waals surface area contributed by atoms with Gasteiger partial charge in [-0.25, -0.2) is 0 Å². The second-order valence-electron chi connectivity index (χ2n) is 6.25. The van der Waals surface area contributed by atoms with Gasteiger partial charge in [-0.2, -0.15) is 4.98 Å². The highest BCUT2D eigenvalue weighted by atomic mass is 16.5. The molecule has 112 valence electrons. The normalized spacial score (nSPS) is 16.0. The van der Waals surface area contributed by atoms with Crippen LogP contribution in [0.1, 0.15) is 36.7 Å². The lowest BCUT2D eigenvalue weighted by Gasteiger charge is -2.17. The van der Waals surface area contributed by atoms with E-state index >= 15 is 0 Å². The Bertz CT molecular complexity index is 564. The quantitative estimate of drug-likeness (QED) is 0.866. The number of aromatic nitrogens is 2. The van der Waals surface area contributed by atoms with E-state index in [0.29, 0.717) is 5.92 Å². The van der Waals surface area contributed by atoms with Crippen LogP contribution in [0.2, 0.25) is 0 Å². The SMILES string of the molecule is CC(C)Cc1nc(CN2CCc3ccccc3CC2)no1. The summed E-state index contributed by atoms with van der Waals surface area (Å²) in [6.45, 7) is 7.23. The van der Waals surface area contributed by atoms with Crippen LogP contribution in [-0.2, 0) is 25.8 Å². The van der Waals surface area contributed by atoms with Gasteiger partial charge in [0, 0.05) is 19.5 Å². The van der Waals surface area contributed by atoms with Crippen molar-refractivity contribution in [3.8, 4) is 0 Å². The largest absolute Gasteiger partial charge is 0.339 e. The zero-order valence-electron chi connectivity index (χ0n) is 12.9. The number of benzene rings is 1. The van der Waals surface area contributed by atoms with Crippen LogP contribution in [-0.4, -0.2) is 28.1 Å². The molecule has 1 aliphatic rings. The molecule has 0 bridgehead atoms. The van der Waals surface area contributed by atoms with Crippen LogP contribution in [0.4, 0.5) is 0 Å². The van der Waals surface area contributed by atoms with Gasteiger partial charge in [0.2, 0.25) is 5.89 Å². The van der Waals surface area contributed by atoms with E-state index in [0.717, 1.165) is 50.6 Å². The van der Waals surface area contributed by atoms with E-state index in [4.69, 9.17) is 4.52 Å². The Morgan fingerprint density at radius 3 is 2.43 bits per heavy atom. The molecule has 4 nitrogen and oxygen atoms in total. The zero-order chi connectivity index (χ0) is 14.7. The fourth-order valence-corrected chi connectivity index (χ4v) is 2.86. The van der Waals surface area contributed by atoms with Crippen LogP contribution in [0, 0.1) is 5.92 Å². The van der Waals surface area contributed by atoms with Gasteiger partial charge in [0.1, 0.15) is 0 Å². The first-order chi connectivity index (χ1) is 10.2. The van der Waals surface area contributed by atoms with Crippen molar-refractivity contribution in [2.24, 2.45) is 5.92 Å². The predicted molar refractivity (Wildman–Crippen MR) is 82.0 cm³/mol. The first kappa shape index (κ1) is 14.3. The summed E-state index contributed by atoms with van der Waals surface area (Å²) in [7, 11) is 0. The second-order valence-corrected chi connectivity index (χ2v) is 6.25. The number of hydrogen-bond acceptors (Lipinski definition) is 4. The molecular weight excluding hydrogens is 262 g/mol. The maximum atomic E-state index is 5.32. The van der Waals surface area contributed by atoms with Crippen molar-refractivity contribution in [1.29, 1.82) is 0 Å². The van der Waals surface area contributed by atoms with Crippen molar-refractivity contribution in [3.63, 3.8) is 0 Å². The standard InChI is InChI=1S/C17H23N3O/c1-13(2)11-17-18-16(19-21-17)12-20-9-7-14-5-3-4-6-15(14)8-10-20/h3-6,13H,7-12H2,1-2H3. The monoisotopic (exact) mass is 285 g/mol. The number of rotatable bonds is 4. The maximum absolute atomic E-state index is 5.32. The molecule has 0 amide bonds. The lowest BCUT2D eigenvalue weighted by atomic mass is 10.0. The van der Waals surface area contributed by atoms with E-state index in [1.54, 1.807) is 0 Å². The van der Waals surface area contributed by atoms with Gasteiger partial charge < -0.3 is 4.52 Å². The van der Waals surface area contributed by atoms with Gasteiger partial charge >= 0.3 is 0 Å². The Hall–Kier alpha value is -1.68. The van der Waals surface area contributed by atoms with E-state index in [2.05, 4.69) is 53.2 Å². The second kappa shape index (κ2) is 6.39. The Labute approximate surface area is 126 Å². The van der Waals surface area contributed by atoms with Gasteiger partial charge in [-0.15, -0.1) is 0 Å². The van der Waals surface area contributed by atoms with E-state index in [9.17, 15) is 0 Å². The molecule has 1 aromatic carbocycles. The summed E-state index contributed by atoms with van der Waals surface area (Å²) in [6.07, 6.45) is 3.07. The molecule has 1 aliphatic heterocycles. The highest BCUT2D eigenvalue weighted by Gasteiger charge is 2.16. The molecule has 21 heavy (non-hydrogen) atoms. The van der Waals surface area contributed by atoms with Gasteiger partial charge in [0.25, 0.3) is 0 Å². The lowest BCUT2D eigenvalue weighted by Crippen LogP contribution is -2.26. The van der Waals surface area contributed by atoms with Crippen molar-refractivity contribution in [2.75, 3.05) is 13.1 Å². The molecule has 0 radical (unpaired) electrons. The van der Waals surface area contributed by atoms with Gasteiger partial charge in [-0.3, -0.25) is 4.90 Å². The minimum atomic E-state index is 0.547. The molecule has 0 N–H and O–H groups in total. The van der Waals surface area contributed by atoms with Crippen molar-refractivity contribution in [1.82, 2.24) is 15.0 Å². The third-order valence-electron chi connectivity index (χ3n) is 3.97. The van der Waals surface area contributed by atoms with Crippen molar-refractivity contribution in [3.05, 3.63) is 47.1 Å². The molecule has 3 rings (SSSR count). The number of nitrogens with zero attached hydrogens (tertiary/aromatic N) is 3. The highest BCUT2D eigenvalue weighted by Crippen LogP contribution is 2.16. The Morgan fingerprint density at radius 2 is 1.81 bits per heavy atom. The summed E-state index contributed by atoms with van der Waals surface area (Å²) in [6, 6.07) is 8.75. The summed E-state index contributed by atoms with van der Waals surface area (Å²) in [5, 5.41) is 4.12. The number of hydrogen-bond donors (Lipinski definition) is 0. The van der Waals surface area contributed by atoms with E-state index in [-0.39, 0.29) is 0 Å². The minimum absolute atomic E-state index is 0.547. The van der Waals surface area contributed by atoms with E-state index < -0.39 is 0 Å². The summed E-state index contributed by atoms with van der Waals surface area (Å²) in [5.41, 5.74) is 2.96. The van der Waals surface area contributed by atoms with Crippen LogP contribution in [0.5, 0.6) is 0 Å². The molecule has 2 heterocycles. The lowest BCUT2D eigenvalue weighted by molar-refractivity contribution is 0.266. The van der Waals surface area contributed by atoms with E-state index in [1.807, 2.05) is 0 Å². The summed E-state index contributed by atoms with van der Waals surface area (Å²) in [5.74, 6) is 2.13. The fourth-order valence-electron chi connectivity index (χ4n) is 2.86.